The molecule has 0 aliphatic rings. The number of rotatable bonds is 4. The Morgan fingerprint density at radius 2 is 1.84 bits per heavy atom. The van der Waals surface area contributed by atoms with E-state index in [1.165, 1.54) is 0 Å². The van der Waals surface area contributed by atoms with E-state index in [0.717, 1.165) is 18.4 Å². The molecule has 0 heterocycles. The lowest BCUT2D eigenvalue weighted by Gasteiger charge is -2.09. The van der Waals surface area contributed by atoms with Gasteiger partial charge in [0.15, 0.2) is 0 Å². The molecule has 2 aromatic carbocycles. The van der Waals surface area contributed by atoms with Crippen molar-refractivity contribution in [3.8, 4) is 11.5 Å². The molecular weight excluding hydrogens is 240 g/mol. The van der Waals surface area contributed by atoms with E-state index in [4.69, 9.17) is 4.74 Å². The number of phenolic OH excluding ortho intramolecular Hbond substituents is 1. The summed E-state index contributed by atoms with van der Waals surface area (Å²) in [4.78, 5) is 12.0. The van der Waals surface area contributed by atoms with E-state index in [1.807, 2.05) is 19.1 Å². The van der Waals surface area contributed by atoms with Crippen molar-refractivity contribution in [1.29, 1.82) is 0 Å². The van der Waals surface area contributed by atoms with Crippen LogP contribution in [0.3, 0.4) is 0 Å². The van der Waals surface area contributed by atoms with E-state index >= 15 is 0 Å². The Morgan fingerprint density at radius 3 is 2.53 bits per heavy atom. The summed E-state index contributed by atoms with van der Waals surface area (Å²) in [6.45, 7) is 2.02. The van der Waals surface area contributed by atoms with Crippen molar-refractivity contribution in [1.82, 2.24) is 0 Å². The summed E-state index contributed by atoms with van der Waals surface area (Å²) in [5, 5.41) is 10.1. The number of hydrogen-bond donors (Lipinski definition) is 1. The minimum Gasteiger partial charge on any atom is -0.507 e. The zero-order valence-corrected chi connectivity index (χ0v) is 10.8. The van der Waals surface area contributed by atoms with Gasteiger partial charge in [-0.1, -0.05) is 43.7 Å². The lowest BCUT2D eigenvalue weighted by atomic mass is 10.0. The van der Waals surface area contributed by atoms with Gasteiger partial charge in [0, 0.05) is 0 Å². The number of benzene rings is 2. The Kier molecular flexibility index (Phi) is 4.18. The normalized spacial score (nSPS) is 10.2. The van der Waals surface area contributed by atoms with Gasteiger partial charge in [-0.15, -0.1) is 0 Å². The molecule has 3 heteroatoms. The molecule has 0 unspecified atom stereocenters. The van der Waals surface area contributed by atoms with Crippen LogP contribution in [0.25, 0.3) is 0 Å². The van der Waals surface area contributed by atoms with Gasteiger partial charge in [-0.25, -0.2) is 4.79 Å². The smallest absolute Gasteiger partial charge is 0.347 e. The molecule has 0 aliphatic heterocycles. The van der Waals surface area contributed by atoms with Gasteiger partial charge in [-0.2, -0.15) is 0 Å². The largest absolute Gasteiger partial charge is 0.507 e. The lowest BCUT2D eigenvalue weighted by Crippen LogP contribution is -2.09. The molecule has 0 fully saturated rings. The minimum absolute atomic E-state index is 0.0188. The standard InChI is InChI=1S/C16H16O3/c1-2-7-12-8-6-11-14(15(12)17)16(18)19-13-9-4-3-5-10-13/h3-6,8-11,17H,2,7H2,1H3. The quantitative estimate of drug-likeness (QED) is 0.672. The highest BCUT2D eigenvalue weighted by Gasteiger charge is 2.15. The number of esters is 1. The molecule has 0 amide bonds. The van der Waals surface area contributed by atoms with Crippen LogP contribution in [0, 0.1) is 0 Å². The number of carbonyl (C=O) groups is 1. The number of aryl methyl sites for hydroxylation is 1. The lowest BCUT2D eigenvalue weighted by molar-refractivity contribution is 0.0731. The van der Waals surface area contributed by atoms with Crippen molar-refractivity contribution < 1.29 is 14.6 Å². The monoisotopic (exact) mass is 256 g/mol. The van der Waals surface area contributed by atoms with Gasteiger partial charge >= 0.3 is 5.97 Å². The first kappa shape index (κ1) is 13.1. The summed E-state index contributed by atoms with van der Waals surface area (Å²) >= 11 is 0. The molecule has 0 spiro atoms. The molecule has 2 aromatic rings. The van der Waals surface area contributed by atoms with Crippen LogP contribution < -0.4 is 4.74 Å². The van der Waals surface area contributed by atoms with E-state index < -0.39 is 5.97 Å². The maximum absolute atomic E-state index is 12.0. The second-order valence-corrected chi connectivity index (χ2v) is 4.27. The van der Waals surface area contributed by atoms with Crippen molar-refractivity contribution >= 4 is 5.97 Å². The molecule has 0 aliphatic carbocycles. The Hall–Kier alpha value is -2.29. The fraction of sp³-hybridized carbons (Fsp3) is 0.188. The van der Waals surface area contributed by atoms with Gasteiger partial charge in [-0.3, -0.25) is 0 Å². The van der Waals surface area contributed by atoms with E-state index in [9.17, 15) is 9.90 Å². The molecule has 0 radical (unpaired) electrons. The van der Waals surface area contributed by atoms with Gasteiger partial charge in [0.1, 0.15) is 17.1 Å². The van der Waals surface area contributed by atoms with Crippen molar-refractivity contribution in [3.05, 3.63) is 59.7 Å². The summed E-state index contributed by atoms with van der Waals surface area (Å²) in [7, 11) is 0. The second-order valence-electron chi connectivity index (χ2n) is 4.27. The number of hydrogen-bond acceptors (Lipinski definition) is 3. The predicted molar refractivity (Wildman–Crippen MR) is 73.5 cm³/mol. The molecule has 0 atom stereocenters. The molecule has 19 heavy (non-hydrogen) atoms. The molecule has 98 valence electrons. The minimum atomic E-state index is -0.540. The van der Waals surface area contributed by atoms with Crippen LogP contribution in [0.4, 0.5) is 0 Å². The molecule has 0 saturated heterocycles. The predicted octanol–water partition coefficient (Wildman–Crippen LogP) is 3.56. The topological polar surface area (TPSA) is 46.5 Å². The SMILES string of the molecule is CCCc1cccc(C(=O)Oc2ccccc2)c1O. The maximum Gasteiger partial charge on any atom is 0.347 e. The molecule has 1 N–H and O–H groups in total. The molecule has 0 bridgehead atoms. The van der Waals surface area contributed by atoms with E-state index in [1.54, 1.807) is 36.4 Å². The zero-order valence-electron chi connectivity index (χ0n) is 10.8. The van der Waals surface area contributed by atoms with Crippen LogP contribution in [0.5, 0.6) is 11.5 Å². The van der Waals surface area contributed by atoms with Crippen LogP contribution in [-0.2, 0) is 6.42 Å². The molecular formula is C16H16O3. The van der Waals surface area contributed by atoms with Crippen LogP contribution >= 0.6 is 0 Å². The van der Waals surface area contributed by atoms with Crippen LogP contribution in [0.15, 0.2) is 48.5 Å². The van der Waals surface area contributed by atoms with Crippen LogP contribution in [0.2, 0.25) is 0 Å². The van der Waals surface area contributed by atoms with Crippen molar-refractivity contribution in [3.63, 3.8) is 0 Å². The second kappa shape index (κ2) is 6.05. The molecule has 0 saturated carbocycles. The fourth-order valence-electron chi connectivity index (χ4n) is 1.88. The summed E-state index contributed by atoms with van der Waals surface area (Å²) in [5.41, 5.74) is 0.972. The van der Waals surface area contributed by atoms with Crippen molar-refractivity contribution in [2.24, 2.45) is 0 Å². The molecule has 2 rings (SSSR count). The first-order chi connectivity index (χ1) is 9.22. The Bertz CT molecular complexity index is 561. The maximum atomic E-state index is 12.0. The number of para-hydroxylation sites is 2. The summed E-state index contributed by atoms with van der Waals surface area (Å²) in [5.74, 6) is -0.0558. The third kappa shape index (κ3) is 3.13. The Morgan fingerprint density at radius 1 is 1.11 bits per heavy atom. The third-order valence-corrected chi connectivity index (χ3v) is 2.81. The van der Waals surface area contributed by atoms with Gasteiger partial charge in [-0.05, 0) is 30.2 Å². The number of carbonyl (C=O) groups excluding carboxylic acids is 1. The molecule has 3 nitrogen and oxygen atoms in total. The van der Waals surface area contributed by atoms with E-state index in [2.05, 4.69) is 0 Å². The first-order valence-corrected chi connectivity index (χ1v) is 6.30. The van der Waals surface area contributed by atoms with Crippen LogP contribution in [0.1, 0.15) is 29.3 Å². The number of phenols is 1. The Labute approximate surface area is 112 Å². The average molecular weight is 256 g/mol. The van der Waals surface area contributed by atoms with E-state index in [0.29, 0.717) is 5.75 Å². The van der Waals surface area contributed by atoms with Gasteiger partial charge < -0.3 is 9.84 Å². The fourth-order valence-corrected chi connectivity index (χ4v) is 1.88. The Balaban J connectivity index is 2.22. The summed E-state index contributed by atoms with van der Waals surface area (Å²) in [6, 6.07) is 14.0. The summed E-state index contributed by atoms with van der Waals surface area (Å²) in [6.07, 6.45) is 1.64. The number of ether oxygens (including phenoxy) is 1. The zero-order chi connectivity index (χ0) is 13.7. The average Bonchev–Trinajstić information content (AvgIpc) is 2.42. The first-order valence-electron chi connectivity index (χ1n) is 6.30. The summed E-state index contributed by atoms with van der Waals surface area (Å²) < 4.78 is 5.22. The van der Waals surface area contributed by atoms with Crippen LogP contribution in [-0.4, -0.2) is 11.1 Å². The van der Waals surface area contributed by atoms with Crippen molar-refractivity contribution in [2.45, 2.75) is 19.8 Å². The van der Waals surface area contributed by atoms with Crippen molar-refractivity contribution in [2.75, 3.05) is 0 Å². The highest BCUT2D eigenvalue weighted by molar-refractivity contribution is 5.94. The number of aromatic hydroxyl groups is 1. The molecule has 0 aromatic heterocycles. The third-order valence-electron chi connectivity index (χ3n) is 2.81. The highest BCUT2D eigenvalue weighted by atomic mass is 16.5. The van der Waals surface area contributed by atoms with Gasteiger partial charge in [0.2, 0.25) is 0 Å². The highest BCUT2D eigenvalue weighted by Crippen LogP contribution is 2.25. The van der Waals surface area contributed by atoms with Gasteiger partial charge in [0.05, 0.1) is 0 Å². The van der Waals surface area contributed by atoms with E-state index in [-0.39, 0.29) is 11.3 Å². The van der Waals surface area contributed by atoms with Gasteiger partial charge in [0.25, 0.3) is 0 Å².